The van der Waals surface area contributed by atoms with Crippen LogP contribution >= 0.6 is 0 Å². The first-order valence-corrected chi connectivity index (χ1v) is 17.1. The summed E-state index contributed by atoms with van der Waals surface area (Å²) < 4.78 is 15.9. The average Bonchev–Trinajstić information content (AvgIpc) is 3.88. The molecule has 1 N–H and O–H groups in total. The van der Waals surface area contributed by atoms with Gasteiger partial charge in [0.05, 0.1) is 22.1 Å². The van der Waals surface area contributed by atoms with E-state index in [9.17, 15) is 0 Å². The number of hydrogen-bond acceptors (Lipinski definition) is 5. The smallest absolute Gasteiger partial charge is 0.160 e. The number of rotatable bonds is 4. The van der Waals surface area contributed by atoms with E-state index in [1.807, 2.05) is 48.5 Å². The Kier molecular flexibility index (Phi) is 5.92. The van der Waals surface area contributed by atoms with Crippen LogP contribution in [0.3, 0.4) is 0 Å². The maximum Gasteiger partial charge on any atom is 0.160 e. The molecule has 6 heteroatoms. The number of furan rings is 2. The van der Waals surface area contributed by atoms with E-state index in [2.05, 4.69) is 119 Å². The molecule has 10 aromatic rings. The van der Waals surface area contributed by atoms with Crippen molar-refractivity contribution in [3.8, 4) is 5.69 Å². The molecule has 1 aliphatic rings. The standard InChI is InChI=1S/C45H28N4O2/c1-3-13-27(14-4-1)43-46-44(28-15-5-2-6-16-28)48-45(47-43)33-20-12-24-37-39(33)40-38(50-37)26-25-32-31-19-11-23-36(41(31)51-42(32)40)49-34-21-9-7-17-29(34)30-18-8-10-22-35(30)49/h1-26,43H,(H,46,47,48). The minimum absolute atomic E-state index is 0.317. The molecule has 1 aliphatic heterocycles. The summed E-state index contributed by atoms with van der Waals surface area (Å²) in [5, 5.41) is 9.91. The monoisotopic (exact) mass is 656 g/mol. The average molecular weight is 657 g/mol. The lowest BCUT2D eigenvalue weighted by atomic mass is 10.0. The number of benzene rings is 7. The lowest BCUT2D eigenvalue weighted by Gasteiger charge is -2.23. The van der Waals surface area contributed by atoms with Crippen molar-refractivity contribution in [2.45, 2.75) is 6.17 Å². The normalized spacial score (nSPS) is 14.9. The Morgan fingerprint density at radius 3 is 1.94 bits per heavy atom. The van der Waals surface area contributed by atoms with Crippen LogP contribution in [-0.2, 0) is 0 Å². The fourth-order valence-electron chi connectivity index (χ4n) is 7.81. The first-order chi connectivity index (χ1) is 25.3. The lowest BCUT2D eigenvalue weighted by Crippen LogP contribution is -2.33. The van der Waals surface area contributed by atoms with E-state index in [4.69, 9.17) is 18.8 Å². The van der Waals surface area contributed by atoms with E-state index >= 15 is 0 Å². The van der Waals surface area contributed by atoms with E-state index in [1.54, 1.807) is 0 Å². The van der Waals surface area contributed by atoms with Crippen molar-refractivity contribution in [3.05, 3.63) is 174 Å². The van der Waals surface area contributed by atoms with E-state index in [0.717, 1.165) is 83.1 Å². The van der Waals surface area contributed by atoms with Crippen molar-refractivity contribution in [3.63, 3.8) is 0 Å². The molecule has 0 bridgehead atoms. The number of amidine groups is 2. The third-order valence-electron chi connectivity index (χ3n) is 10.1. The minimum atomic E-state index is -0.317. The maximum absolute atomic E-state index is 7.04. The molecular formula is C45H28N4O2. The highest BCUT2D eigenvalue weighted by Gasteiger charge is 2.26. The molecule has 0 aliphatic carbocycles. The molecule has 1 unspecified atom stereocenters. The largest absolute Gasteiger partial charge is 0.456 e. The minimum Gasteiger partial charge on any atom is -0.456 e. The summed E-state index contributed by atoms with van der Waals surface area (Å²) in [4.78, 5) is 10.3. The number of aromatic nitrogens is 1. The summed E-state index contributed by atoms with van der Waals surface area (Å²) in [6.07, 6.45) is -0.317. The summed E-state index contributed by atoms with van der Waals surface area (Å²) in [7, 11) is 0. The van der Waals surface area contributed by atoms with Crippen LogP contribution in [0, 0.1) is 0 Å². The number of aliphatic imine (C=N–C) groups is 2. The van der Waals surface area contributed by atoms with Crippen molar-refractivity contribution in [1.82, 2.24) is 9.88 Å². The van der Waals surface area contributed by atoms with Crippen LogP contribution in [0.5, 0.6) is 0 Å². The predicted molar refractivity (Wildman–Crippen MR) is 207 cm³/mol. The second-order valence-corrected chi connectivity index (χ2v) is 13.0. The molecular weight excluding hydrogens is 629 g/mol. The Morgan fingerprint density at radius 1 is 0.510 bits per heavy atom. The quantitative estimate of drug-likeness (QED) is 0.205. The highest BCUT2D eigenvalue weighted by atomic mass is 16.3. The third kappa shape index (κ3) is 4.17. The van der Waals surface area contributed by atoms with Gasteiger partial charge in [-0.2, -0.15) is 0 Å². The van der Waals surface area contributed by atoms with Gasteiger partial charge in [0, 0.05) is 38.1 Å². The summed E-state index contributed by atoms with van der Waals surface area (Å²) in [6.45, 7) is 0. The van der Waals surface area contributed by atoms with E-state index in [0.29, 0.717) is 5.84 Å². The first-order valence-electron chi connectivity index (χ1n) is 17.1. The van der Waals surface area contributed by atoms with Crippen LogP contribution in [0.15, 0.2) is 177 Å². The lowest BCUT2D eigenvalue weighted by molar-refractivity contribution is 0.661. The van der Waals surface area contributed by atoms with Gasteiger partial charge in [-0.3, -0.25) is 0 Å². The van der Waals surface area contributed by atoms with Crippen molar-refractivity contribution < 1.29 is 8.83 Å². The number of nitrogens with zero attached hydrogens (tertiary/aromatic N) is 3. The summed E-state index contributed by atoms with van der Waals surface area (Å²) in [6, 6.07) is 54.3. The van der Waals surface area contributed by atoms with Gasteiger partial charge in [-0.15, -0.1) is 0 Å². The molecule has 51 heavy (non-hydrogen) atoms. The summed E-state index contributed by atoms with van der Waals surface area (Å²) >= 11 is 0. The number of fused-ring (bicyclic) bond motifs is 10. The van der Waals surface area contributed by atoms with Gasteiger partial charge >= 0.3 is 0 Å². The Bertz CT molecular complexity index is 3000. The van der Waals surface area contributed by atoms with E-state index < -0.39 is 0 Å². The van der Waals surface area contributed by atoms with E-state index in [1.165, 1.54) is 10.8 Å². The molecule has 0 spiro atoms. The van der Waals surface area contributed by atoms with Crippen LogP contribution in [0.1, 0.15) is 22.9 Å². The van der Waals surface area contributed by atoms with Gasteiger partial charge < -0.3 is 18.7 Å². The maximum atomic E-state index is 7.04. The number of nitrogens with one attached hydrogen (secondary N) is 1. The first kappa shape index (κ1) is 28.0. The van der Waals surface area contributed by atoms with Gasteiger partial charge in [0.15, 0.2) is 11.4 Å². The zero-order valence-electron chi connectivity index (χ0n) is 27.2. The molecule has 7 aromatic carbocycles. The van der Waals surface area contributed by atoms with Crippen molar-refractivity contribution in [2.24, 2.45) is 9.98 Å². The fourth-order valence-corrected chi connectivity index (χ4v) is 7.81. The van der Waals surface area contributed by atoms with Crippen LogP contribution in [0.4, 0.5) is 0 Å². The van der Waals surface area contributed by atoms with Gasteiger partial charge in [0.1, 0.15) is 28.8 Å². The molecule has 1 atom stereocenters. The van der Waals surface area contributed by atoms with Gasteiger partial charge in [0.2, 0.25) is 0 Å². The molecule has 3 aromatic heterocycles. The molecule has 0 saturated heterocycles. The summed E-state index contributed by atoms with van der Waals surface area (Å²) in [5.41, 5.74) is 9.32. The second kappa shape index (κ2) is 10.8. The molecule has 4 heterocycles. The van der Waals surface area contributed by atoms with Crippen LogP contribution in [-0.4, -0.2) is 16.2 Å². The molecule has 0 fully saturated rings. The third-order valence-corrected chi connectivity index (χ3v) is 10.1. The van der Waals surface area contributed by atoms with Crippen molar-refractivity contribution >= 4 is 77.4 Å². The molecule has 11 rings (SSSR count). The Hall–Kier alpha value is -6.92. The highest BCUT2D eigenvalue weighted by Crippen LogP contribution is 2.43. The van der Waals surface area contributed by atoms with Gasteiger partial charge in [0.25, 0.3) is 0 Å². The zero-order chi connectivity index (χ0) is 33.5. The molecule has 6 nitrogen and oxygen atoms in total. The van der Waals surface area contributed by atoms with E-state index in [-0.39, 0.29) is 6.17 Å². The van der Waals surface area contributed by atoms with Crippen LogP contribution in [0.25, 0.3) is 71.4 Å². The Morgan fingerprint density at radius 2 is 1.16 bits per heavy atom. The predicted octanol–water partition coefficient (Wildman–Crippen LogP) is 11.1. The van der Waals surface area contributed by atoms with Crippen molar-refractivity contribution in [2.75, 3.05) is 0 Å². The van der Waals surface area contributed by atoms with Crippen LogP contribution < -0.4 is 5.32 Å². The molecule has 0 radical (unpaired) electrons. The fraction of sp³-hybridized carbons (Fsp3) is 0.0222. The molecule has 0 saturated carbocycles. The highest BCUT2D eigenvalue weighted by molar-refractivity contribution is 6.28. The van der Waals surface area contributed by atoms with Gasteiger partial charge in [-0.1, -0.05) is 121 Å². The molecule has 240 valence electrons. The SMILES string of the molecule is c1ccc(C2=NC(c3cccc4oc5ccc6c7cccc(-n8c9ccccc9c9ccccc98)c7oc6c5c34)=NC(c3ccccc3)N2)cc1. The van der Waals surface area contributed by atoms with Gasteiger partial charge in [-0.25, -0.2) is 9.98 Å². The number of hydrogen-bond donors (Lipinski definition) is 1. The topological polar surface area (TPSA) is 68.0 Å². The zero-order valence-corrected chi connectivity index (χ0v) is 27.2. The van der Waals surface area contributed by atoms with Crippen molar-refractivity contribution in [1.29, 1.82) is 0 Å². The Labute approximate surface area is 291 Å². The van der Waals surface area contributed by atoms with Crippen LogP contribution in [0.2, 0.25) is 0 Å². The van der Waals surface area contributed by atoms with Gasteiger partial charge in [-0.05, 0) is 42.0 Å². The molecule has 0 amide bonds. The Balaban J connectivity index is 1.18. The number of para-hydroxylation sites is 3. The summed E-state index contributed by atoms with van der Waals surface area (Å²) in [5.74, 6) is 1.40. The second-order valence-electron chi connectivity index (χ2n) is 13.0.